The Bertz CT molecular complexity index is 488. The Kier molecular flexibility index (Phi) is 5.52. The second-order valence-electron chi connectivity index (χ2n) is 5.47. The van der Waals surface area contributed by atoms with Crippen molar-refractivity contribution < 1.29 is 13.9 Å². The van der Waals surface area contributed by atoms with Crippen molar-refractivity contribution in [1.29, 1.82) is 0 Å². The number of nitrogens with one attached hydrogen (secondary N) is 3. The van der Waals surface area contributed by atoms with Crippen LogP contribution in [0.5, 0.6) is 0 Å². The van der Waals surface area contributed by atoms with E-state index in [1.54, 1.807) is 6.07 Å². The molecule has 1 saturated heterocycles. The molecule has 2 rings (SSSR count). The number of anilines is 2. The fourth-order valence-electron chi connectivity index (χ4n) is 2.23. The van der Waals surface area contributed by atoms with Crippen LogP contribution in [0.15, 0.2) is 18.2 Å². The summed E-state index contributed by atoms with van der Waals surface area (Å²) >= 11 is 0. The lowest BCUT2D eigenvalue weighted by Crippen LogP contribution is -2.43. The fourth-order valence-corrected chi connectivity index (χ4v) is 2.23. The van der Waals surface area contributed by atoms with E-state index in [0.29, 0.717) is 31.0 Å². The topological polar surface area (TPSA) is 62.4 Å². The molecule has 6 heteroatoms. The van der Waals surface area contributed by atoms with Gasteiger partial charge in [-0.3, -0.25) is 4.79 Å². The summed E-state index contributed by atoms with van der Waals surface area (Å²) < 4.78 is 18.6. The smallest absolute Gasteiger partial charge is 0.226 e. The molecule has 0 aliphatic carbocycles. The lowest BCUT2D eigenvalue weighted by molar-refractivity contribution is -0.117. The zero-order chi connectivity index (χ0) is 15.2. The van der Waals surface area contributed by atoms with Crippen molar-refractivity contribution in [2.75, 3.05) is 30.4 Å². The molecule has 1 atom stereocenters. The lowest BCUT2D eigenvalue weighted by atomic mass is 10.1. The summed E-state index contributed by atoms with van der Waals surface area (Å²) in [5.41, 5.74) is 1.18. The van der Waals surface area contributed by atoms with E-state index < -0.39 is 0 Å². The molecular formula is C15H22FN3O2. The van der Waals surface area contributed by atoms with Gasteiger partial charge in [-0.05, 0) is 32.0 Å². The fraction of sp³-hybridized carbons (Fsp3) is 0.533. The van der Waals surface area contributed by atoms with Crippen LogP contribution in [-0.2, 0) is 9.53 Å². The summed E-state index contributed by atoms with van der Waals surface area (Å²) in [4.78, 5) is 12.1. The van der Waals surface area contributed by atoms with Gasteiger partial charge < -0.3 is 20.7 Å². The molecule has 1 aromatic rings. The van der Waals surface area contributed by atoms with Crippen LogP contribution in [0.25, 0.3) is 0 Å². The second kappa shape index (κ2) is 7.38. The molecular weight excluding hydrogens is 273 g/mol. The average molecular weight is 295 g/mol. The number of hydrogen-bond acceptors (Lipinski definition) is 4. The van der Waals surface area contributed by atoms with E-state index >= 15 is 0 Å². The van der Waals surface area contributed by atoms with E-state index in [-0.39, 0.29) is 23.8 Å². The highest BCUT2D eigenvalue weighted by molar-refractivity contribution is 5.94. The van der Waals surface area contributed by atoms with Crippen LogP contribution < -0.4 is 16.0 Å². The molecule has 116 valence electrons. The molecule has 0 radical (unpaired) electrons. The second-order valence-corrected chi connectivity index (χ2v) is 5.47. The predicted octanol–water partition coefficient (Wildman–Crippen LogP) is 1.96. The quantitative estimate of drug-likeness (QED) is 0.777. The molecule has 0 bridgehead atoms. The standard InChI is InChI=1S/C15H22FN3O2/c1-10(2)18-14-7-11(16)3-4-13(14)19-15(20)8-12-9-21-6-5-17-12/h3-4,7,10,12,17-18H,5-6,8-9H2,1-2H3,(H,19,20). The van der Waals surface area contributed by atoms with Gasteiger partial charge in [-0.1, -0.05) is 0 Å². The first-order valence-electron chi connectivity index (χ1n) is 7.21. The minimum atomic E-state index is -0.335. The molecule has 5 nitrogen and oxygen atoms in total. The third kappa shape index (κ3) is 4.99. The van der Waals surface area contributed by atoms with Crippen molar-refractivity contribution in [1.82, 2.24) is 5.32 Å². The molecule has 1 fully saturated rings. The number of carbonyl (C=O) groups excluding carboxylic acids is 1. The van der Waals surface area contributed by atoms with E-state index in [2.05, 4.69) is 16.0 Å². The maximum absolute atomic E-state index is 13.3. The Balaban J connectivity index is 1.98. The highest BCUT2D eigenvalue weighted by Gasteiger charge is 2.17. The number of carbonyl (C=O) groups is 1. The summed E-state index contributed by atoms with van der Waals surface area (Å²) in [7, 11) is 0. The third-order valence-corrected chi connectivity index (χ3v) is 3.13. The molecule has 0 spiro atoms. The normalized spacial score (nSPS) is 18.6. The first-order valence-corrected chi connectivity index (χ1v) is 7.21. The van der Waals surface area contributed by atoms with E-state index in [9.17, 15) is 9.18 Å². The number of benzene rings is 1. The van der Waals surface area contributed by atoms with E-state index in [1.165, 1.54) is 12.1 Å². The maximum atomic E-state index is 13.3. The van der Waals surface area contributed by atoms with Crippen molar-refractivity contribution in [2.45, 2.75) is 32.4 Å². The van der Waals surface area contributed by atoms with Gasteiger partial charge in [0.25, 0.3) is 0 Å². The van der Waals surface area contributed by atoms with Crippen LogP contribution in [0.4, 0.5) is 15.8 Å². The Morgan fingerprint density at radius 3 is 2.95 bits per heavy atom. The lowest BCUT2D eigenvalue weighted by Gasteiger charge is -2.23. The number of hydrogen-bond donors (Lipinski definition) is 3. The zero-order valence-electron chi connectivity index (χ0n) is 12.4. The van der Waals surface area contributed by atoms with Gasteiger partial charge in [-0.15, -0.1) is 0 Å². The van der Waals surface area contributed by atoms with Crippen LogP contribution in [-0.4, -0.2) is 37.7 Å². The molecule has 0 aromatic heterocycles. The Labute approximate surface area is 124 Å². The molecule has 21 heavy (non-hydrogen) atoms. The van der Waals surface area contributed by atoms with Crippen LogP contribution in [0.3, 0.4) is 0 Å². The van der Waals surface area contributed by atoms with Gasteiger partial charge in [-0.2, -0.15) is 0 Å². The predicted molar refractivity (Wildman–Crippen MR) is 81.0 cm³/mol. The molecule has 1 aliphatic heterocycles. The summed E-state index contributed by atoms with van der Waals surface area (Å²) in [5, 5.41) is 9.19. The third-order valence-electron chi connectivity index (χ3n) is 3.13. The van der Waals surface area contributed by atoms with Crippen molar-refractivity contribution in [3.8, 4) is 0 Å². The minimum Gasteiger partial charge on any atom is -0.381 e. The average Bonchev–Trinajstić information content (AvgIpc) is 2.42. The Morgan fingerprint density at radius 1 is 1.48 bits per heavy atom. The van der Waals surface area contributed by atoms with Crippen molar-refractivity contribution in [3.05, 3.63) is 24.0 Å². The number of morpholine rings is 1. The molecule has 3 N–H and O–H groups in total. The Morgan fingerprint density at radius 2 is 2.29 bits per heavy atom. The number of ether oxygens (including phenoxy) is 1. The number of halogens is 1. The number of rotatable bonds is 5. The van der Waals surface area contributed by atoms with Gasteiger partial charge in [0.15, 0.2) is 0 Å². The summed E-state index contributed by atoms with van der Waals surface area (Å²) in [5.74, 6) is -0.449. The molecule has 1 aromatic carbocycles. The zero-order valence-corrected chi connectivity index (χ0v) is 12.4. The van der Waals surface area contributed by atoms with Crippen LogP contribution in [0.1, 0.15) is 20.3 Å². The van der Waals surface area contributed by atoms with Gasteiger partial charge in [0.05, 0.1) is 24.6 Å². The van der Waals surface area contributed by atoms with Crippen molar-refractivity contribution in [3.63, 3.8) is 0 Å². The number of amides is 1. The van der Waals surface area contributed by atoms with E-state index in [4.69, 9.17) is 4.74 Å². The summed E-state index contributed by atoms with van der Waals surface area (Å²) in [6.45, 7) is 5.89. The van der Waals surface area contributed by atoms with Crippen LogP contribution in [0.2, 0.25) is 0 Å². The largest absolute Gasteiger partial charge is 0.381 e. The highest BCUT2D eigenvalue weighted by Crippen LogP contribution is 2.24. The first kappa shape index (κ1) is 15.7. The maximum Gasteiger partial charge on any atom is 0.226 e. The van der Waals surface area contributed by atoms with Gasteiger partial charge in [0.1, 0.15) is 5.82 Å². The minimum absolute atomic E-state index is 0.0284. The molecule has 1 aliphatic rings. The first-order chi connectivity index (χ1) is 10.0. The van der Waals surface area contributed by atoms with Gasteiger partial charge in [0.2, 0.25) is 5.91 Å². The highest BCUT2D eigenvalue weighted by atomic mass is 19.1. The molecule has 1 amide bonds. The summed E-state index contributed by atoms with van der Waals surface area (Å²) in [6.07, 6.45) is 0.332. The van der Waals surface area contributed by atoms with E-state index in [0.717, 1.165) is 6.54 Å². The van der Waals surface area contributed by atoms with Gasteiger partial charge >= 0.3 is 0 Å². The van der Waals surface area contributed by atoms with Gasteiger partial charge in [-0.25, -0.2) is 4.39 Å². The van der Waals surface area contributed by atoms with Gasteiger partial charge in [0, 0.05) is 25.0 Å². The Hall–Kier alpha value is -1.66. The molecule has 0 saturated carbocycles. The van der Waals surface area contributed by atoms with E-state index in [1.807, 2.05) is 13.8 Å². The van der Waals surface area contributed by atoms with Crippen LogP contribution >= 0.6 is 0 Å². The molecule has 1 unspecified atom stereocenters. The monoisotopic (exact) mass is 295 g/mol. The molecule has 1 heterocycles. The summed E-state index contributed by atoms with van der Waals surface area (Å²) in [6, 6.07) is 4.47. The van der Waals surface area contributed by atoms with Crippen molar-refractivity contribution >= 4 is 17.3 Å². The van der Waals surface area contributed by atoms with Crippen LogP contribution in [0, 0.1) is 5.82 Å². The SMILES string of the molecule is CC(C)Nc1cc(F)ccc1NC(=O)CC1COCCN1. The van der Waals surface area contributed by atoms with Crippen molar-refractivity contribution in [2.24, 2.45) is 0 Å².